The first-order valence-corrected chi connectivity index (χ1v) is 12.3. The second-order valence-corrected chi connectivity index (χ2v) is 8.54. The largest absolute Gasteiger partial charge is 0.497 e. The summed E-state index contributed by atoms with van der Waals surface area (Å²) in [5, 5.41) is 0. The van der Waals surface area contributed by atoms with Crippen molar-refractivity contribution in [1.82, 2.24) is 4.90 Å². The summed E-state index contributed by atoms with van der Waals surface area (Å²) < 4.78 is 17.0. The standard InChI is InChI=1S/C30H31NO5/c1-4-16-35-24-15-12-22(28(19-24)36-17-5-2)18-27-25-8-6-7-9-26(25)29(32)31(30(27)33)20-21-10-13-23(34-3)14-11-21/h6-15,18-19H,4-5,16-17,20H2,1-3H3/b27-18-. The van der Waals surface area contributed by atoms with Crippen LogP contribution in [0.4, 0.5) is 0 Å². The SMILES string of the molecule is CCCOc1ccc(/C=C2\C(=O)N(Cc3ccc(OC)cc3)C(=O)c3ccccc32)c(OCCC)c1. The van der Waals surface area contributed by atoms with Gasteiger partial charge in [-0.05, 0) is 60.4 Å². The van der Waals surface area contributed by atoms with Gasteiger partial charge in [0.2, 0.25) is 0 Å². The van der Waals surface area contributed by atoms with Gasteiger partial charge in [-0.25, -0.2) is 0 Å². The van der Waals surface area contributed by atoms with Gasteiger partial charge >= 0.3 is 0 Å². The molecule has 186 valence electrons. The third-order valence-corrected chi connectivity index (χ3v) is 5.89. The monoisotopic (exact) mass is 485 g/mol. The number of fused-ring (bicyclic) bond motifs is 1. The van der Waals surface area contributed by atoms with Gasteiger partial charge in [0.15, 0.2) is 0 Å². The first-order valence-electron chi connectivity index (χ1n) is 12.3. The lowest BCUT2D eigenvalue weighted by Gasteiger charge is -2.29. The molecule has 4 rings (SSSR count). The van der Waals surface area contributed by atoms with E-state index in [0.717, 1.165) is 29.7 Å². The van der Waals surface area contributed by atoms with Crippen LogP contribution in [0.5, 0.6) is 17.2 Å². The molecule has 0 aliphatic carbocycles. The normalized spacial score (nSPS) is 14.1. The van der Waals surface area contributed by atoms with Gasteiger partial charge in [0, 0.05) is 22.8 Å². The summed E-state index contributed by atoms with van der Waals surface area (Å²) in [4.78, 5) is 28.3. The number of hydrogen-bond donors (Lipinski definition) is 0. The molecule has 6 heteroatoms. The van der Waals surface area contributed by atoms with Crippen molar-refractivity contribution in [2.45, 2.75) is 33.2 Å². The average molecular weight is 486 g/mol. The van der Waals surface area contributed by atoms with Crippen LogP contribution < -0.4 is 14.2 Å². The van der Waals surface area contributed by atoms with Crippen molar-refractivity contribution in [2.24, 2.45) is 0 Å². The van der Waals surface area contributed by atoms with Crippen LogP contribution in [0.25, 0.3) is 11.6 Å². The van der Waals surface area contributed by atoms with E-state index in [2.05, 4.69) is 6.92 Å². The molecule has 2 amide bonds. The maximum atomic E-state index is 13.7. The maximum absolute atomic E-state index is 13.7. The first-order chi connectivity index (χ1) is 17.5. The van der Waals surface area contributed by atoms with Crippen molar-refractivity contribution in [3.8, 4) is 17.2 Å². The Kier molecular flexibility index (Phi) is 8.06. The summed E-state index contributed by atoms with van der Waals surface area (Å²) in [6, 6.07) is 20.2. The lowest BCUT2D eigenvalue weighted by atomic mass is 9.91. The van der Waals surface area contributed by atoms with Gasteiger partial charge in [0.25, 0.3) is 11.8 Å². The molecule has 6 nitrogen and oxygen atoms in total. The van der Waals surface area contributed by atoms with E-state index in [1.54, 1.807) is 13.2 Å². The second-order valence-electron chi connectivity index (χ2n) is 8.54. The van der Waals surface area contributed by atoms with Crippen molar-refractivity contribution >= 4 is 23.5 Å². The van der Waals surface area contributed by atoms with Crippen molar-refractivity contribution in [1.29, 1.82) is 0 Å². The molecule has 36 heavy (non-hydrogen) atoms. The van der Waals surface area contributed by atoms with Crippen LogP contribution >= 0.6 is 0 Å². The summed E-state index contributed by atoms with van der Waals surface area (Å²) in [5.41, 5.74) is 3.15. The van der Waals surface area contributed by atoms with Crippen LogP contribution in [-0.4, -0.2) is 37.0 Å². The van der Waals surface area contributed by atoms with E-state index in [-0.39, 0.29) is 18.4 Å². The quantitative estimate of drug-likeness (QED) is 0.260. The Hall–Kier alpha value is -4.06. The van der Waals surface area contributed by atoms with E-state index >= 15 is 0 Å². The molecule has 0 aromatic heterocycles. The highest BCUT2D eigenvalue weighted by Crippen LogP contribution is 2.34. The molecular weight excluding hydrogens is 454 g/mol. The highest BCUT2D eigenvalue weighted by atomic mass is 16.5. The Morgan fingerprint density at radius 1 is 0.778 bits per heavy atom. The van der Waals surface area contributed by atoms with E-state index < -0.39 is 0 Å². The number of imide groups is 1. The number of ether oxygens (including phenoxy) is 3. The predicted molar refractivity (Wildman–Crippen MR) is 140 cm³/mol. The molecule has 1 aliphatic heterocycles. The number of hydrogen-bond acceptors (Lipinski definition) is 5. The van der Waals surface area contributed by atoms with Crippen LogP contribution in [0.3, 0.4) is 0 Å². The third-order valence-electron chi connectivity index (χ3n) is 5.89. The Balaban J connectivity index is 1.74. The molecule has 0 N–H and O–H groups in total. The van der Waals surface area contributed by atoms with Gasteiger partial charge in [-0.15, -0.1) is 0 Å². The van der Waals surface area contributed by atoms with Crippen LogP contribution in [0.1, 0.15) is 53.7 Å². The minimum absolute atomic E-state index is 0.163. The van der Waals surface area contributed by atoms with Gasteiger partial charge in [-0.3, -0.25) is 14.5 Å². The highest BCUT2D eigenvalue weighted by molar-refractivity contribution is 6.33. The highest BCUT2D eigenvalue weighted by Gasteiger charge is 2.34. The predicted octanol–water partition coefficient (Wildman–Crippen LogP) is 6.00. The molecule has 0 spiro atoms. The van der Waals surface area contributed by atoms with Gasteiger partial charge in [-0.2, -0.15) is 0 Å². The molecule has 0 atom stereocenters. The van der Waals surface area contributed by atoms with Crippen molar-refractivity contribution in [3.63, 3.8) is 0 Å². The van der Waals surface area contributed by atoms with E-state index in [1.807, 2.05) is 73.7 Å². The number of carbonyl (C=O) groups is 2. The minimum atomic E-state index is -0.345. The van der Waals surface area contributed by atoms with Crippen molar-refractivity contribution < 1.29 is 23.8 Å². The minimum Gasteiger partial charge on any atom is -0.497 e. The number of methoxy groups -OCH3 is 1. The fourth-order valence-electron chi connectivity index (χ4n) is 4.04. The average Bonchev–Trinajstić information content (AvgIpc) is 2.92. The lowest BCUT2D eigenvalue weighted by molar-refractivity contribution is -0.123. The van der Waals surface area contributed by atoms with Gasteiger partial charge in [0.05, 0.1) is 26.9 Å². The van der Waals surface area contributed by atoms with Crippen LogP contribution in [0, 0.1) is 0 Å². The molecule has 3 aromatic rings. The smallest absolute Gasteiger partial charge is 0.261 e. The molecule has 0 unspecified atom stereocenters. The molecule has 0 fully saturated rings. The lowest BCUT2D eigenvalue weighted by Crippen LogP contribution is -2.41. The Morgan fingerprint density at radius 2 is 1.44 bits per heavy atom. The summed E-state index contributed by atoms with van der Waals surface area (Å²) in [5.74, 6) is 1.42. The van der Waals surface area contributed by atoms with Gasteiger partial charge in [-0.1, -0.05) is 44.2 Å². The zero-order valence-electron chi connectivity index (χ0n) is 21.0. The molecule has 0 bridgehead atoms. The fraction of sp³-hybridized carbons (Fsp3) is 0.267. The summed E-state index contributed by atoms with van der Waals surface area (Å²) in [7, 11) is 1.60. The number of carbonyl (C=O) groups excluding carboxylic acids is 2. The zero-order valence-corrected chi connectivity index (χ0v) is 21.0. The summed E-state index contributed by atoms with van der Waals surface area (Å²) in [6.45, 7) is 5.41. The molecule has 1 aliphatic rings. The Bertz CT molecular complexity index is 1260. The Morgan fingerprint density at radius 3 is 2.14 bits per heavy atom. The van der Waals surface area contributed by atoms with Crippen LogP contribution in [0.15, 0.2) is 66.7 Å². The van der Waals surface area contributed by atoms with E-state index in [1.165, 1.54) is 4.90 Å². The number of rotatable bonds is 10. The number of amides is 2. The van der Waals surface area contributed by atoms with Crippen LogP contribution in [0.2, 0.25) is 0 Å². The number of benzene rings is 3. The molecule has 0 saturated heterocycles. The van der Waals surface area contributed by atoms with E-state index in [0.29, 0.717) is 41.4 Å². The van der Waals surface area contributed by atoms with Crippen molar-refractivity contribution in [3.05, 3.63) is 89.0 Å². The third kappa shape index (κ3) is 5.43. The van der Waals surface area contributed by atoms with Crippen molar-refractivity contribution in [2.75, 3.05) is 20.3 Å². The summed E-state index contributed by atoms with van der Waals surface area (Å²) >= 11 is 0. The second kappa shape index (κ2) is 11.6. The van der Waals surface area contributed by atoms with Gasteiger partial charge in [0.1, 0.15) is 17.2 Å². The Labute approximate surface area is 212 Å². The molecule has 1 heterocycles. The van der Waals surface area contributed by atoms with E-state index in [4.69, 9.17) is 14.2 Å². The zero-order chi connectivity index (χ0) is 25.5. The first kappa shape index (κ1) is 25.0. The molecule has 3 aromatic carbocycles. The molecule has 0 radical (unpaired) electrons. The topological polar surface area (TPSA) is 65.1 Å². The fourth-order valence-corrected chi connectivity index (χ4v) is 4.04. The number of nitrogens with zero attached hydrogens (tertiary/aromatic N) is 1. The maximum Gasteiger partial charge on any atom is 0.261 e. The van der Waals surface area contributed by atoms with Crippen LogP contribution in [-0.2, 0) is 11.3 Å². The van der Waals surface area contributed by atoms with E-state index in [9.17, 15) is 9.59 Å². The molecular formula is C30H31NO5. The summed E-state index contributed by atoms with van der Waals surface area (Å²) in [6.07, 6.45) is 3.56. The molecule has 0 saturated carbocycles. The van der Waals surface area contributed by atoms with Gasteiger partial charge < -0.3 is 14.2 Å².